The summed E-state index contributed by atoms with van der Waals surface area (Å²) in [5.74, 6) is -1.20. The SMILES string of the molecule is CC(C)C(=O)Nc1ccc(C(=O)NCCNC(=O)c2cc([N+](=O)[O-])ccc2Cl)cc1. The molecule has 0 aliphatic rings. The van der Waals surface area contributed by atoms with Gasteiger partial charge in [0.15, 0.2) is 0 Å². The fourth-order valence-corrected chi connectivity index (χ4v) is 2.55. The van der Waals surface area contributed by atoms with Crippen molar-refractivity contribution in [2.75, 3.05) is 18.4 Å². The van der Waals surface area contributed by atoms with Gasteiger partial charge < -0.3 is 16.0 Å². The third-order valence-electron chi connectivity index (χ3n) is 4.04. The molecule has 0 aliphatic heterocycles. The van der Waals surface area contributed by atoms with E-state index in [1.54, 1.807) is 38.1 Å². The van der Waals surface area contributed by atoms with Crippen LogP contribution >= 0.6 is 11.6 Å². The van der Waals surface area contributed by atoms with E-state index in [-0.39, 0.29) is 47.1 Å². The van der Waals surface area contributed by atoms with Gasteiger partial charge in [-0.25, -0.2) is 0 Å². The van der Waals surface area contributed by atoms with E-state index < -0.39 is 10.8 Å². The summed E-state index contributed by atoms with van der Waals surface area (Å²) >= 11 is 5.92. The third kappa shape index (κ3) is 6.28. The highest BCUT2D eigenvalue weighted by molar-refractivity contribution is 6.33. The molecule has 0 bridgehead atoms. The van der Waals surface area contributed by atoms with Crippen LogP contribution in [-0.4, -0.2) is 35.7 Å². The minimum atomic E-state index is -0.618. The number of non-ortho nitro benzene ring substituents is 1. The number of nitro groups is 1. The molecular weight excluding hydrogens is 412 g/mol. The van der Waals surface area contributed by atoms with E-state index in [1.165, 1.54) is 12.1 Å². The molecular formula is C20H21ClN4O5. The van der Waals surface area contributed by atoms with Crippen molar-refractivity contribution in [1.29, 1.82) is 0 Å². The average Bonchev–Trinajstić information content (AvgIpc) is 2.71. The van der Waals surface area contributed by atoms with E-state index in [2.05, 4.69) is 16.0 Å². The Bertz CT molecular complexity index is 960. The normalized spacial score (nSPS) is 10.4. The summed E-state index contributed by atoms with van der Waals surface area (Å²) in [7, 11) is 0. The van der Waals surface area contributed by atoms with Gasteiger partial charge >= 0.3 is 0 Å². The summed E-state index contributed by atoms with van der Waals surface area (Å²) in [5.41, 5.74) is 0.721. The lowest BCUT2D eigenvalue weighted by molar-refractivity contribution is -0.384. The predicted molar refractivity (Wildman–Crippen MR) is 113 cm³/mol. The van der Waals surface area contributed by atoms with Crippen LogP contribution in [0.1, 0.15) is 34.6 Å². The second kappa shape index (κ2) is 10.4. The van der Waals surface area contributed by atoms with Gasteiger partial charge in [-0.1, -0.05) is 25.4 Å². The summed E-state index contributed by atoms with van der Waals surface area (Å²) in [6.07, 6.45) is 0. The zero-order valence-corrected chi connectivity index (χ0v) is 17.2. The Balaban J connectivity index is 1.83. The predicted octanol–water partition coefficient (Wildman–Crippen LogP) is 3.00. The van der Waals surface area contributed by atoms with Crippen molar-refractivity contribution < 1.29 is 19.3 Å². The Kier molecular flexibility index (Phi) is 7.88. The molecule has 0 unspecified atom stereocenters. The Hall–Kier alpha value is -3.46. The zero-order valence-electron chi connectivity index (χ0n) is 16.4. The second-order valence-electron chi connectivity index (χ2n) is 6.65. The molecule has 0 saturated carbocycles. The molecule has 0 heterocycles. The molecule has 2 aromatic carbocycles. The molecule has 0 spiro atoms. The van der Waals surface area contributed by atoms with E-state index in [0.717, 1.165) is 6.07 Å². The van der Waals surface area contributed by atoms with Crippen LogP contribution in [-0.2, 0) is 4.79 Å². The Labute approximate surface area is 177 Å². The maximum atomic E-state index is 12.2. The molecule has 0 atom stereocenters. The number of hydrogen-bond donors (Lipinski definition) is 3. The number of halogens is 1. The van der Waals surface area contributed by atoms with Gasteiger partial charge in [-0.3, -0.25) is 24.5 Å². The number of nitrogens with zero attached hydrogens (tertiary/aromatic N) is 1. The van der Waals surface area contributed by atoms with Gasteiger partial charge in [0.2, 0.25) is 5.91 Å². The van der Waals surface area contributed by atoms with Crippen molar-refractivity contribution >= 4 is 40.7 Å². The fraction of sp³-hybridized carbons (Fsp3) is 0.250. The van der Waals surface area contributed by atoms with E-state index in [1.807, 2.05) is 0 Å². The fourth-order valence-electron chi connectivity index (χ4n) is 2.34. The molecule has 0 radical (unpaired) electrons. The number of amides is 3. The molecule has 9 nitrogen and oxygen atoms in total. The number of nitrogens with one attached hydrogen (secondary N) is 3. The Morgan fingerprint density at radius 1 is 1.00 bits per heavy atom. The van der Waals surface area contributed by atoms with Crippen LogP contribution in [0.4, 0.5) is 11.4 Å². The first-order chi connectivity index (χ1) is 14.2. The van der Waals surface area contributed by atoms with Crippen molar-refractivity contribution in [1.82, 2.24) is 10.6 Å². The van der Waals surface area contributed by atoms with Crippen LogP contribution in [0.25, 0.3) is 0 Å². The van der Waals surface area contributed by atoms with E-state index in [4.69, 9.17) is 11.6 Å². The van der Waals surface area contributed by atoms with Gasteiger partial charge in [0.1, 0.15) is 0 Å². The minimum absolute atomic E-state index is 0.0174. The zero-order chi connectivity index (χ0) is 22.3. The van der Waals surface area contributed by atoms with Gasteiger partial charge in [0.25, 0.3) is 17.5 Å². The number of benzene rings is 2. The number of rotatable bonds is 8. The summed E-state index contributed by atoms with van der Waals surface area (Å²) in [5, 5.41) is 18.8. The summed E-state index contributed by atoms with van der Waals surface area (Å²) < 4.78 is 0. The molecule has 0 aromatic heterocycles. The van der Waals surface area contributed by atoms with E-state index >= 15 is 0 Å². The molecule has 3 N–H and O–H groups in total. The number of anilines is 1. The lowest BCUT2D eigenvalue weighted by Gasteiger charge is -2.10. The van der Waals surface area contributed by atoms with Crippen molar-refractivity contribution in [3.05, 3.63) is 68.7 Å². The highest BCUT2D eigenvalue weighted by atomic mass is 35.5. The maximum Gasteiger partial charge on any atom is 0.270 e. The topological polar surface area (TPSA) is 130 Å². The first kappa shape index (κ1) is 22.8. The van der Waals surface area contributed by atoms with Gasteiger partial charge in [-0.2, -0.15) is 0 Å². The number of carbonyl (C=O) groups is 3. The smallest absolute Gasteiger partial charge is 0.270 e. The summed E-state index contributed by atoms with van der Waals surface area (Å²) in [4.78, 5) is 46.2. The quantitative estimate of drug-likeness (QED) is 0.335. The Morgan fingerprint density at radius 2 is 1.60 bits per heavy atom. The van der Waals surface area contributed by atoms with Crippen LogP contribution in [0.5, 0.6) is 0 Å². The highest BCUT2D eigenvalue weighted by Crippen LogP contribution is 2.21. The average molecular weight is 433 g/mol. The third-order valence-corrected chi connectivity index (χ3v) is 4.37. The maximum absolute atomic E-state index is 12.2. The van der Waals surface area contributed by atoms with Crippen molar-refractivity contribution in [2.24, 2.45) is 5.92 Å². The molecule has 10 heteroatoms. The molecule has 158 valence electrons. The molecule has 2 rings (SSSR count). The molecule has 2 aromatic rings. The largest absolute Gasteiger partial charge is 0.350 e. The van der Waals surface area contributed by atoms with Gasteiger partial charge in [-0.15, -0.1) is 0 Å². The Morgan fingerprint density at radius 3 is 2.17 bits per heavy atom. The standard InChI is InChI=1S/C20H21ClN4O5/c1-12(2)18(26)24-14-5-3-13(4-6-14)19(27)22-9-10-23-20(28)16-11-15(25(29)30)7-8-17(16)21/h3-8,11-12H,9-10H2,1-2H3,(H,22,27)(H,23,28)(H,24,26). The van der Waals surface area contributed by atoms with Crippen LogP contribution in [0.2, 0.25) is 5.02 Å². The number of nitro benzene ring substituents is 1. The van der Waals surface area contributed by atoms with Crippen molar-refractivity contribution in [3.8, 4) is 0 Å². The van der Waals surface area contributed by atoms with E-state index in [9.17, 15) is 24.5 Å². The van der Waals surface area contributed by atoms with Gasteiger partial charge in [0.05, 0.1) is 15.5 Å². The van der Waals surface area contributed by atoms with Crippen molar-refractivity contribution in [3.63, 3.8) is 0 Å². The van der Waals surface area contributed by atoms with Crippen LogP contribution in [0.15, 0.2) is 42.5 Å². The lowest BCUT2D eigenvalue weighted by Crippen LogP contribution is -2.34. The van der Waals surface area contributed by atoms with Crippen LogP contribution < -0.4 is 16.0 Å². The molecule has 30 heavy (non-hydrogen) atoms. The second-order valence-corrected chi connectivity index (χ2v) is 7.06. The lowest BCUT2D eigenvalue weighted by atomic mass is 10.1. The van der Waals surface area contributed by atoms with Gasteiger partial charge in [0, 0.05) is 42.4 Å². The summed E-state index contributed by atoms with van der Waals surface area (Å²) in [6.45, 7) is 3.81. The van der Waals surface area contributed by atoms with Crippen LogP contribution in [0, 0.1) is 16.0 Å². The highest BCUT2D eigenvalue weighted by Gasteiger charge is 2.15. The monoisotopic (exact) mass is 432 g/mol. The van der Waals surface area contributed by atoms with Crippen LogP contribution in [0.3, 0.4) is 0 Å². The number of hydrogen-bond acceptors (Lipinski definition) is 5. The minimum Gasteiger partial charge on any atom is -0.350 e. The number of carbonyl (C=O) groups excluding carboxylic acids is 3. The molecule has 0 fully saturated rings. The van der Waals surface area contributed by atoms with Gasteiger partial charge in [-0.05, 0) is 30.3 Å². The first-order valence-corrected chi connectivity index (χ1v) is 9.48. The molecule has 3 amide bonds. The van der Waals surface area contributed by atoms with E-state index in [0.29, 0.717) is 11.3 Å². The van der Waals surface area contributed by atoms with Crippen molar-refractivity contribution in [2.45, 2.75) is 13.8 Å². The molecule has 0 saturated heterocycles. The molecule has 0 aliphatic carbocycles. The summed E-state index contributed by atoms with van der Waals surface area (Å²) in [6, 6.07) is 9.99. The first-order valence-electron chi connectivity index (χ1n) is 9.10.